The Hall–Kier alpha value is -0.970. The third kappa shape index (κ3) is 3.78. The summed E-state index contributed by atoms with van der Waals surface area (Å²) in [6, 6.07) is 4.96. The van der Waals surface area contributed by atoms with Gasteiger partial charge in [0.15, 0.2) is 0 Å². The zero-order valence-corrected chi connectivity index (χ0v) is 12.3. The molecule has 110 valence electrons. The SMILES string of the molecule is CN(Cc1ccncc1)CC1(CNC2CC2)CCOC1. The third-order valence-corrected chi connectivity index (χ3v) is 4.34. The van der Waals surface area contributed by atoms with Gasteiger partial charge in [-0.25, -0.2) is 0 Å². The average molecular weight is 275 g/mol. The van der Waals surface area contributed by atoms with Gasteiger partial charge in [-0.15, -0.1) is 0 Å². The second-order valence-electron chi connectivity index (χ2n) is 6.49. The largest absolute Gasteiger partial charge is 0.381 e. The van der Waals surface area contributed by atoms with Crippen molar-refractivity contribution in [3.63, 3.8) is 0 Å². The minimum atomic E-state index is 0.296. The van der Waals surface area contributed by atoms with Crippen molar-refractivity contribution in [1.29, 1.82) is 0 Å². The summed E-state index contributed by atoms with van der Waals surface area (Å²) in [5.41, 5.74) is 1.62. The van der Waals surface area contributed by atoms with E-state index in [2.05, 4.69) is 34.4 Å². The van der Waals surface area contributed by atoms with Crippen LogP contribution in [0.15, 0.2) is 24.5 Å². The highest BCUT2D eigenvalue weighted by molar-refractivity contribution is 5.09. The summed E-state index contributed by atoms with van der Waals surface area (Å²) in [7, 11) is 2.21. The van der Waals surface area contributed by atoms with E-state index in [1.165, 1.54) is 24.8 Å². The fourth-order valence-electron chi connectivity index (χ4n) is 3.05. The second-order valence-corrected chi connectivity index (χ2v) is 6.49. The molecule has 1 aromatic heterocycles. The van der Waals surface area contributed by atoms with Gasteiger partial charge in [-0.1, -0.05) is 0 Å². The van der Waals surface area contributed by atoms with E-state index in [1.807, 2.05) is 12.4 Å². The molecule has 1 atom stereocenters. The Morgan fingerprint density at radius 2 is 2.20 bits per heavy atom. The molecule has 0 aromatic carbocycles. The molecule has 1 aliphatic heterocycles. The fourth-order valence-corrected chi connectivity index (χ4v) is 3.05. The summed E-state index contributed by atoms with van der Waals surface area (Å²) < 4.78 is 5.69. The number of rotatable bonds is 7. The van der Waals surface area contributed by atoms with Crippen molar-refractivity contribution in [3.8, 4) is 0 Å². The smallest absolute Gasteiger partial charge is 0.0547 e. The van der Waals surface area contributed by atoms with Crippen molar-refractivity contribution < 1.29 is 4.74 Å². The Labute approximate surface area is 121 Å². The van der Waals surface area contributed by atoms with Gasteiger partial charge in [0, 0.05) is 50.1 Å². The van der Waals surface area contributed by atoms with E-state index in [9.17, 15) is 0 Å². The molecule has 1 saturated carbocycles. The van der Waals surface area contributed by atoms with Gasteiger partial charge in [-0.05, 0) is 44.0 Å². The summed E-state index contributed by atoms with van der Waals surface area (Å²) >= 11 is 0. The molecule has 2 fully saturated rings. The lowest BCUT2D eigenvalue weighted by atomic mass is 9.86. The molecule has 0 radical (unpaired) electrons. The molecular formula is C16H25N3O. The van der Waals surface area contributed by atoms with Crippen molar-refractivity contribution in [2.24, 2.45) is 5.41 Å². The van der Waals surface area contributed by atoms with E-state index in [1.54, 1.807) is 0 Å². The van der Waals surface area contributed by atoms with Crippen molar-refractivity contribution >= 4 is 0 Å². The van der Waals surface area contributed by atoms with Gasteiger partial charge < -0.3 is 15.0 Å². The third-order valence-electron chi connectivity index (χ3n) is 4.34. The molecule has 1 aliphatic carbocycles. The Bertz CT molecular complexity index is 413. The number of pyridine rings is 1. The van der Waals surface area contributed by atoms with E-state index in [-0.39, 0.29) is 0 Å². The average Bonchev–Trinajstić information content (AvgIpc) is 3.18. The summed E-state index contributed by atoms with van der Waals surface area (Å²) in [6.45, 7) is 4.98. The number of hydrogen-bond acceptors (Lipinski definition) is 4. The van der Waals surface area contributed by atoms with Gasteiger partial charge in [-0.3, -0.25) is 4.98 Å². The van der Waals surface area contributed by atoms with Crippen LogP contribution < -0.4 is 5.32 Å². The molecule has 1 N–H and O–H groups in total. The number of aromatic nitrogens is 1. The maximum atomic E-state index is 5.69. The van der Waals surface area contributed by atoms with Crippen molar-refractivity contribution in [2.75, 3.05) is 33.4 Å². The Balaban J connectivity index is 1.54. The monoisotopic (exact) mass is 275 g/mol. The quantitative estimate of drug-likeness (QED) is 0.821. The van der Waals surface area contributed by atoms with Gasteiger partial charge >= 0.3 is 0 Å². The van der Waals surface area contributed by atoms with Crippen LogP contribution in [0.25, 0.3) is 0 Å². The lowest BCUT2D eigenvalue weighted by Gasteiger charge is -2.32. The molecule has 20 heavy (non-hydrogen) atoms. The van der Waals surface area contributed by atoms with Gasteiger partial charge in [0.1, 0.15) is 0 Å². The second kappa shape index (κ2) is 6.20. The first-order valence-corrected chi connectivity index (χ1v) is 7.64. The molecule has 3 rings (SSSR count). The summed E-state index contributed by atoms with van der Waals surface area (Å²) in [6.07, 6.45) is 7.61. The molecule has 4 nitrogen and oxygen atoms in total. The van der Waals surface area contributed by atoms with Crippen LogP contribution in [0.2, 0.25) is 0 Å². The molecule has 1 unspecified atom stereocenters. The first kappa shape index (κ1) is 14.0. The first-order chi connectivity index (χ1) is 9.76. The fraction of sp³-hybridized carbons (Fsp3) is 0.688. The van der Waals surface area contributed by atoms with E-state index >= 15 is 0 Å². The number of ether oxygens (including phenoxy) is 1. The van der Waals surface area contributed by atoms with Crippen LogP contribution in [0.1, 0.15) is 24.8 Å². The van der Waals surface area contributed by atoms with Crippen LogP contribution in [-0.4, -0.2) is 49.3 Å². The van der Waals surface area contributed by atoms with E-state index in [0.717, 1.165) is 38.9 Å². The van der Waals surface area contributed by atoms with Crippen LogP contribution in [0.5, 0.6) is 0 Å². The molecule has 2 aliphatic rings. The highest BCUT2D eigenvalue weighted by atomic mass is 16.5. The van der Waals surface area contributed by atoms with Gasteiger partial charge in [0.25, 0.3) is 0 Å². The molecule has 0 amide bonds. The van der Waals surface area contributed by atoms with E-state index in [4.69, 9.17) is 4.74 Å². The van der Waals surface area contributed by atoms with Crippen LogP contribution >= 0.6 is 0 Å². The standard InChI is InChI=1S/C16H25N3O/c1-19(10-14-4-7-17-8-5-14)12-16(6-9-20-13-16)11-18-15-2-3-15/h4-5,7-8,15,18H,2-3,6,9-13H2,1H3. The number of nitrogens with zero attached hydrogens (tertiary/aromatic N) is 2. The molecule has 4 heteroatoms. The van der Waals surface area contributed by atoms with Gasteiger partial charge in [-0.2, -0.15) is 0 Å². The van der Waals surface area contributed by atoms with Gasteiger partial charge in [0.05, 0.1) is 6.61 Å². The van der Waals surface area contributed by atoms with Crippen molar-refractivity contribution in [3.05, 3.63) is 30.1 Å². The van der Waals surface area contributed by atoms with Crippen LogP contribution in [-0.2, 0) is 11.3 Å². The van der Waals surface area contributed by atoms with E-state index in [0.29, 0.717) is 5.41 Å². The first-order valence-electron chi connectivity index (χ1n) is 7.64. The number of hydrogen-bond donors (Lipinski definition) is 1. The Kier molecular flexibility index (Phi) is 4.34. The minimum absolute atomic E-state index is 0.296. The Morgan fingerprint density at radius 3 is 2.85 bits per heavy atom. The zero-order chi connectivity index (χ0) is 13.8. The highest BCUT2D eigenvalue weighted by Crippen LogP contribution is 2.31. The molecule has 1 aromatic rings. The molecule has 1 saturated heterocycles. The maximum absolute atomic E-state index is 5.69. The van der Waals surface area contributed by atoms with Crippen molar-refractivity contribution in [2.45, 2.75) is 31.8 Å². The van der Waals surface area contributed by atoms with Crippen LogP contribution in [0.4, 0.5) is 0 Å². The number of nitrogens with one attached hydrogen (secondary N) is 1. The molecule has 2 heterocycles. The topological polar surface area (TPSA) is 37.4 Å². The van der Waals surface area contributed by atoms with Crippen molar-refractivity contribution in [1.82, 2.24) is 15.2 Å². The maximum Gasteiger partial charge on any atom is 0.0547 e. The van der Waals surface area contributed by atoms with Gasteiger partial charge in [0.2, 0.25) is 0 Å². The molecular weight excluding hydrogens is 250 g/mol. The predicted octanol–water partition coefficient (Wildman–Crippen LogP) is 1.67. The zero-order valence-electron chi connectivity index (χ0n) is 12.3. The van der Waals surface area contributed by atoms with Crippen LogP contribution in [0.3, 0.4) is 0 Å². The minimum Gasteiger partial charge on any atom is -0.381 e. The van der Waals surface area contributed by atoms with E-state index < -0.39 is 0 Å². The van der Waals surface area contributed by atoms with Crippen LogP contribution in [0, 0.1) is 5.41 Å². The molecule has 0 bridgehead atoms. The Morgan fingerprint density at radius 1 is 1.40 bits per heavy atom. The normalized spacial score (nSPS) is 26.3. The lowest BCUT2D eigenvalue weighted by Crippen LogP contribution is -2.44. The summed E-state index contributed by atoms with van der Waals surface area (Å²) in [5, 5.41) is 3.69. The highest BCUT2D eigenvalue weighted by Gasteiger charge is 2.37. The lowest BCUT2D eigenvalue weighted by molar-refractivity contribution is 0.116. The predicted molar refractivity (Wildman–Crippen MR) is 79.5 cm³/mol. The molecule has 0 spiro atoms. The summed E-state index contributed by atoms with van der Waals surface area (Å²) in [4.78, 5) is 6.49. The summed E-state index contributed by atoms with van der Waals surface area (Å²) in [5.74, 6) is 0.